The highest BCUT2D eigenvalue weighted by Gasteiger charge is 1.94. The Bertz CT molecular complexity index is 169. The van der Waals surface area contributed by atoms with Crippen molar-refractivity contribution < 1.29 is 0 Å². The lowest BCUT2D eigenvalue weighted by molar-refractivity contribution is 0.393. The Morgan fingerprint density at radius 1 is 0.600 bits per heavy atom. The summed E-state index contributed by atoms with van der Waals surface area (Å²) in [4.78, 5) is 2.25. The third kappa shape index (κ3) is 17.9. The molecular formula is C18H40N2. The number of hydrogen-bond acceptors (Lipinski definition) is 2. The molecule has 0 aromatic carbocycles. The van der Waals surface area contributed by atoms with Gasteiger partial charge in [-0.15, -0.1) is 0 Å². The molecule has 0 aliphatic rings. The van der Waals surface area contributed by atoms with E-state index in [-0.39, 0.29) is 0 Å². The van der Waals surface area contributed by atoms with Gasteiger partial charge in [0.15, 0.2) is 0 Å². The molecule has 0 aromatic rings. The highest BCUT2D eigenvalue weighted by Crippen LogP contribution is 2.10. The van der Waals surface area contributed by atoms with Gasteiger partial charge in [0, 0.05) is 0 Å². The Hall–Kier alpha value is -0.0800. The van der Waals surface area contributed by atoms with Crippen LogP contribution in [0.3, 0.4) is 0 Å². The second kappa shape index (κ2) is 17.0. The van der Waals surface area contributed by atoms with Crippen molar-refractivity contribution in [2.45, 2.75) is 84.0 Å². The average Bonchev–Trinajstić information content (AvgIpc) is 2.43. The van der Waals surface area contributed by atoms with Crippen molar-refractivity contribution >= 4 is 0 Å². The lowest BCUT2D eigenvalue weighted by Crippen LogP contribution is -2.22. The fourth-order valence-corrected chi connectivity index (χ4v) is 2.56. The van der Waals surface area contributed by atoms with Crippen LogP contribution in [0.2, 0.25) is 0 Å². The molecule has 0 heterocycles. The maximum atomic E-state index is 3.54. The molecule has 0 fully saturated rings. The zero-order valence-electron chi connectivity index (χ0n) is 14.6. The molecule has 0 bridgehead atoms. The minimum absolute atomic E-state index is 1.18. The second-order valence-corrected chi connectivity index (χ2v) is 6.44. The van der Waals surface area contributed by atoms with Crippen LogP contribution in [0.5, 0.6) is 0 Å². The summed E-state index contributed by atoms with van der Waals surface area (Å²) < 4.78 is 0. The van der Waals surface area contributed by atoms with Crippen LogP contribution in [0.1, 0.15) is 84.0 Å². The van der Waals surface area contributed by atoms with Gasteiger partial charge < -0.3 is 10.2 Å². The Morgan fingerprint density at radius 2 is 1.05 bits per heavy atom. The van der Waals surface area contributed by atoms with Gasteiger partial charge in [-0.2, -0.15) is 0 Å². The normalized spacial score (nSPS) is 11.4. The molecule has 0 aliphatic carbocycles. The maximum Gasteiger partial charge on any atom is -0.00127 e. The number of nitrogens with one attached hydrogen (secondary N) is 1. The van der Waals surface area contributed by atoms with Crippen LogP contribution in [0.15, 0.2) is 0 Å². The minimum atomic E-state index is 1.18. The van der Waals surface area contributed by atoms with E-state index in [9.17, 15) is 0 Å². The van der Waals surface area contributed by atoms with E-state index in [0.717, 1.165) is 0 Å². The molecule has 0 saturated carbocycles. The summed E-state index contributed by atoms with van der Waals surface area (Å²) in [6, 6.07) is 0. The predicted octanol–water partition coefficient (Wildman–Crippen LogP) is 4.84. The third-order valence-electron chi connectivity index (χ3n) is 3.92. The highest BCUT2D eigenvalue weighted by atomic mass is 15.0. The first-order valence-electron chi connectivity index (χ1n) is 9.12. The van der Waals surface area contributed by atoms with E-state index in [4.69, 9.17) is 0 Å². The standard InChI is InChI=1S/C18H40N2/c1-4-5-6-7-8-9-10-11-12-13-14-16-19-17-15-18-20(2)3/h19H,4-18H2,1-3H3. The van der Waals surface area contributed by atoms with E-state index in [0.29, 0.717) is 0 Å². The van der Waals surface area contributed by atoms with E-state index < -0.39 is 0 Å². The van der Waals surface area contributed by atoms with Crippen LogP contribution in [0, 0.1) is 0 Å². The van der Waals surface area contributed by atoms with Gasteiger partial charge in [0.05, 0.1) is 0 Å². The second-order valence-electron chi connectivity index (χ2n) is 6.44. The van der Waals surface area contributed by atoms with E-state index in [1.807, 2.05) is 0 Å². The summed E-state index contributed by atoms with van der Waals surface area (Å²) in [5, 5.41) is 3.54. The smallest absolute Gasteiger partial charge is 0.00127 e. The number of rotatable bonds is 16. The lowest BCUT2D eigenvalue weighted by atomic mass is 10.1. The molecule has 0 amide bonds. The maximum absolute atomic E-state index is 3.54. The molecule has 0 unspecified atom stereocenters. The summed E-state index contributed by atoms with van der Waals surface area (Å²) in [5.74, 6) is 0. The van der Waals surface area contributed by atoms with Crippen LogP contribution >= 0.6 is 0 Å². The SMILES string of the molecule is CCCCCCCCCCCCCNCCCN(C)C. The van der Waals surface area contributed by atoms with Crippen molar-refractivity contribution in [3.63, 3.8) is 0 Å². The minimum Gasteiger partial charge on any atom is -0.317 e. The molecule has 0 radical (unpaired) electrons. The van der Waals surface area contributed by atoms with Crippen molar-refractivity contribution in [2.75, 3.05) is 33.7 Å². The van der Waals surface area contributed by atoms with Gasteiger partial charge in [-0.05, 0) is 46.6 Å². The molecule has 2 nitrogen and oxygen atoms in total. The largest absolute Gasteiger partial charge is 0.317 e. The van der Waals surface area contributed by atoms with Gasteiger partial charge in [0.1, 0.15) is 0 Å². The van der Waals surface area contributed by atoms with Crippen LogP contribution in [0.4, 0.5) is 0 Å². The molecule has 1 N–H and O–H groups in total. The molecule has 0 aliphatic heterocycles. The first kappa shape index (κ1) is 19.9. The zero-order valence-corrected chi connectivity index (χ0v) is 14.6. The Balaban J connectivity index is 2.92. The summed E-state index contributed by atoms with van der Waals surface area (Å²) in [6.45, 7) is 5.88. The Kier molecular flexibility index (Phi) is 16.9. The Labute approximate surface area is 128 Å². The van der Waals surface area contributed by atoms with Gasteiger partial charge in [0.25, 0.3) is 0 Å². The van der Waals surface area contributed by atoms with Crippen molar-refractivity contribution in [1.29, 1.82) is 0 Å². The van der Waals surface area contributed by atoms with Crippen LogP contribution in [0.25, 0.3) is 0 Å². The topological polar surface area (TPSA) is 15.3 Å². The predicted molar refractivity (Wildman–Crippen MR) is 92.5 cm³/mol. The first-order chi connectivity index (χ1) is 9.77. The molecule has 2 heteroatoms. The van der Waals surface area contributed by atoms with Crippen molar-refractivity contribution in [3.05, 3.63) is 0 Å². The highest BCUT2D eigenvalue weighted by molar-refractivity contribution is 4.52. The van der Waals surface area contributed by atoms with Gasteiger partial charge in [-0.1, -0.05) is 71.1 Å². The van der Waals surface area contributed by atoms with E-state index in [1.54, 1.807) is 0 Å². The first-order valence-corrected chi connectivity index (χ1v) is 9.12. The van der Waals surface area contributed by atoms with E-state index in [2.05, 4.69) is 31.2 Å². The average molecular weight is 285 g/mol. The van der Waals surface area contributed by atoms with Gasteiger partial charge in [-0.25, -0.2) is 0 Å². The Morgan fingerprint density at radius 3 is 1.55 bits per heavy atom. The van der Waals surface area contributed by atoms with Gasteiger partial charge >= 0.3 is 0 Å². The van der Waals surface area contributed by atoms with E-state index in [1.165, 1.54) is 96.7 Å². The summed E-state index contributed by atoms with van der Waals surface area (Å²) in [6.07, 6.45) is 17.0. The van der Waals surface area contributed by atoms with Gasteiger partial charge in [-0.3, -0.25) is 0 Å². The fraction of sp³-hybridized carbons (Fsp3) is 1.00. The monoisotopic (exact) mass is 284 g/mol. The van der Waals surface area contributed by atoms with Crippen molar-refractivity contribution in [1.82, 2.24) is 10.2 Å². The summed E-state index contributed by atoms with van der Waals surface area (Å²) >= 11 is 0. The quantitative estimate of drug-likeness (QED) is 0.408. The van der Waals surface area contributed by atoms with Crippen LogP contribution in [-0.2, 0) is 0 Å². The van der Waals surface area contributed by atoms with Crippen molar-refractivity contribution in [3.8, 4) is 0 Å². The molecule has 20 heavy (non-hydrogen) atoms. The van der Waals surface area contributed by atoms with E-state index >= 15 is 0 Å². The number of unbranched alkanes of at least 4 members (excludes halogenated alkanes) is 10. The molecule has 0 spiro atoms. The molecule has 0 atom stereocenters. The van der Waals surface area contributed by atoms with Gasteiger partial charge in [0.2, 0.25) is 0 Å². The lowest BCUT2D eigenvalue weighted by Gasteiger charge is -2.09. The fourth-order valence-electron chi connectivity index (χ4n) is 2.56. The molecule has 0 rings (SSSR count). The molecular weight excluding hydrogens is 244 g/mol. The van der Waals surface area contributed by atoms with Crippen LogP contribution in [-0.4, -0.2) is 38.6 Å². The number of hydrogen-bond donors (Lipinski definition) is 1. The molecule has 0 aromatic heterocycles. The number of nitrogens with zero attached hydrogens (tertiary/aromatic N) is 1. The van der Waals surface area contributed by atoms with Crippen LogP contribution < -0.4 is 5.32 Å². The third-order valence-corrected chi connectivity index (χ3v) is 3.92. The summed E-state index contributed by atoms with van der Waals surface area (Å²) in [7, 11) is 4.29. The van der Waals surface area contributed by atoms with Crippen molar-refractivity contribution in [2.24, 2.45) is 0 Å². The molecule has 122 valence electrons. The summed E-state index contributed by atoms with van der Waals surface area (Å²) in [5.41, 5.74) is 0. The molecule has 0 saturated heterocycles. The zero-order chi connectivity index (χ0) is 14.9.